The number of nitrogens with one attached hydrogen (secondary N) is 1. The lowest BCUT2D eigenvalue weighted by molar-refractivity contribution is 0.0940. The van der Waals surface area contributed by atoms with E-state index < -0.39 is 11.9 Å². The Hall–Kier alpha value is -5.76. The maximum Gasteiger partial charge on any atom is 0.267 e. The van der Waals surface area contributed by atoms with Crippen LogP contribution in [0.2, 0.25) is 0 Å². The van der Waals surface area contributed by atoms with Crippen LogP contribution in [0.25, 0.3) is 22.2 Å². The molecular weight excluding hydrogens is 518 g/mol. The van der Waals surface area contributed by atoms with Gasteiger partial charge in [0.25, 0.3) is 11.5 Å². The molecule has 6 aromatic rings. The van der Waals surface area contributed by atoms with E-state index in [1.165, 1.54) is 9.08 Å². The van der Waals surface area contributed by atoms with E-state index in [-0.39, 0.29) is 16.9 Å². The van der Waals surface area contributed by atoms with Crippen molar-refractivity contribution in [1.82, 2.24) is 39.2 Å². The largest absolute Gasteiger partial charge is 0.381 e. The third-order valence-corrected chi connectivity index (χ3v) is 6.60. The molecule has 0 unspecified atom stereocenters. The molecule has 202 valence electrons. The first-order chi connectivity index (χ1) is 19.8. The number of nitrogens with two attached hydrogens (primary N) is 1. The molecule has 0 radical (unpaired) electrons. The average molecular weight is 544 g/mol. The van der Waals surface area contributed by atoms with Crippen molar-refractivity contribution in [2.24, 2.45) is 7.05 Å². The van der Waals surface area contributed by atoms with Crippen LogP contribution in [0.3, 0.4) is 0 Å². The van der Waals surface area contributed by atoms with Gasteiger partial charge in [-0.3, -0.25) is 18.8 Å². The van der Waals surface area contributed by atoms with Gasteiger partial charge in [0.1, 0.15) is 11.4 Å². The third kappa shape index (κ3) is 4.68. The van der Waals surface area contributed by atoms with Crippen molar-refractivity contribution in [3.63, 3.8) is 0 Å². The molecule has 0 spiro atoms. The maximum atomic E-state index is 14.2. The summed E-state index contributed by atoms with van der Waals surface area (Å²) in [6, 6.07) is 15.6. The summed E-state index contributed by atoms with van der Waals surface area (Å²) >= 11 is 0. The SMILES string of the molecule is Cc1ccn2nc(N)c(C(=O)N[C@@H](C)c3nc4cccc(C#Cc5cnn(C)c5)c4c(=O)n3-c3ccccc3)c2n1. The second kappa shape index (κ2) is 10.1. The van der Waals surface area contributed by atoms with Crippen LogP contribution in [0.15, 0.2) is 78.0 Å². The van der Waals surface area contributed by atoms with Crippen LogP contribution in [0.4, 0.5) is 5.82 Å². The standard InChI is InChI=1S/C30H25N9O2/c1-18-14-15-38-28(33-18)25(26(31)36-38)29(40)34-19(2)27-35-23-11-7-8-21(13-12-20-16-32-37(3)17-20)24(23)30(41)39(27)22-9-5-4-6-10-22/h4-11,14-17,19H,1-3H3,(H2,31,36)(H,34,40)/t19-/m0/s1. The minimum absolute atomic E-state index is 0.0524. The van der Waals surface area contributed by atoms with Crippen molar-refractivity contribution < 1.29 is 4.79 Å². The van der Waals surface area contributed by atoms with Crippen molar-refractivity contribution in [1.29, 1.82) is 0 Å². The predicted octanol–water partition coefficient (Wildman–Crippen LogP) is 2.94. The lowest BCUT2D eigenvalue weighted by Crippen LogP contribution is -2.33. The van der Waals surface area contributed by atoms with Gasteiger partial charge in [0.15, 0.2) is 11.5 Å². The number of carbonyl (C=O) groups excluding carboxylic acids is 1. The number of para-hydroxylation sites is 1. The van der Waals surface area contributed by atoms with E-state index in [4.69, 9.17) is 10.7 Å². The highest BCUT2D eigenvalue weighted by atomic mass is 16.2. The number of hydrogen-bond acceptors (Lipinski definition) is 7. The van der Waals surface area contributed by atoms with Gasteiger partial charge in [0.2, 0.25) is 0 Å². The number of rotatable bonds is 4. The average Bonchev–Trinajstić information content (AvgIpc) is 3.53. The summed E-state index contributed by atoms with van der Waals surface area (Å²) in [4.78, 5) is 36.9. The Kier molecular flexibility index (Phi) is 6.28. The first-order valence-electron chi connectivity index (χ1n) is 12.8. The number of aryl methyl sites for hydroxylation is 2. The summed E-state index contributed by atoms with van der Waals surface area (Å²) in [5.41, 5.74) is 9.35. The van der Waals surface area contributed by atoms with E-state index in [0.29, 0.717) is 33.6 Å². The summed E-state index contributed by atoms with van der Waals surface area (Å²) < 4.78 is 4.63. The summed E-state index contributed by atoms with van der Waals surface area (Å²) in [6.45, 7) is 3.58. The van der Waals surface area contributed by atoms with Crippen LogP contribution >= 0.6 is 0 Å². The molecule has 4 heterocycles. The Labute approximate surface area is 234 Å². The maximum absolute atomic E-state index is 14.2. The van der Waals surface area contributed by atoms with Crippen molar-refractivity contribution in [2.75, 3.05) is 5.73 Å². The van der Waals surface area contributed by atoms with Crippen molar-refractivity contribution in [3.8, 4) is 17.5 Å². The zero-order valence-electron chi connectivity index (χ0n) is 22.5. The molecule has 11 heteroatoms. The van der Waals surface area contributed by atoms with E-state index in [1.54, 1.807) is 54.5 Å². The normalized spacial score (nSPS) is 11.8. The van der Waals surface area contributed by atoms with Crippen LogP contribution in [0, 0.1) is 18.8 Å². The number of fused-ring (bicyclic) bond motifs is 2. The summed E-state index contributed by atoms with van der Waals surface area (Å²) in [5.74, 6) is 6.10. The molecule has 2 aromatic carbocycles. The first kappa shape index (κ1) is 25.5. The second-order valence-corrected chi connectivity index (χ2v) is 9.59. The fourth-order valence-corrected chi connectivity index (χ4v) is 4.68. The topological polar surface area (TPSA) is 138 Å². The Morgan fingerprint density at radius 3 is 2.61 bits per heavy atom. The van der Waals surface area contributed by atoms with Gasteiger partial charge < -0.3 is 11.1 Å². The van der Waals surface area contributed by atoms with E-state index in [1.807, 2.05) is 44.3 Å². The molecule has 6 rings (SSSR count). The van der Waals surface area contributed by atoms with Crippen LogP contribution < -0.4 is 16.6 Å². The molecule has 11 nitrogen and oxygen atoms in total. The molecule has 1 amide bonds. The van der Waals surface area contributed by atoms with Gasteiger partial charge in [-0.15, -0.1) is 5.10 Å². The molecule has 4 aromatic heterocycles. The molecule has 0 fully saturated rings. The lowest BCUT2D eigenvalue weighted by Gasteiger charge is -2.20. The van der Waals surface area contributed by atoms with E-state index in [0.717, 1.165) is 11.3 Å². The molecule has 0 bridgehead atoms. The second-order valence-electron chi connectivity index (χ2n) is 9.59. The Balaban J connectivity index is 1.47. The smallest absolute Gasteiger partial charge is 0.267 e. The van der Waals surface area contributed by atoms with Crippen molar-refractivity contribution in [3.05, 3.63) is 112 Å². The van der Waals surface area contributed by atoms with Crippen molar-refractivity contribution >= 4 is 28.3 Å². The number of amides is 1. The molecule has 0 saturated carbocycles. The van der Waals surface area contributed by atoms with Crippen molar-refractivity contribution in [2.45, 2.75) is 19.9 Å². The van der Waals surface area contributed by atoms with Gasteiger partial charge in [-0.1, -0.05) is 36.1 Å². The predicted molar refractivity (Wildman–Crippen MR) is 155 cm³/mol. The van der Waals surface area contributed by atoms with Gasteiger partial charge >= 0.3 is 0 Å². The fourth-order valence-electron chi connectivity index (χ4n) is 4.68. The quantitative estimate of drug-likeness (QED) is 0.326. The van der Waals surface area contributed by atoms with Crippen LogP contribution in [0.5, 0.6) is 0 Å². The highest BCUT2D eigenvalue weighted by Crippen LogP contribution is 2.22. The van der Waals surface area contributed by atoms with E-state index >= 15 is 0 Å². The minimum Gasteiger partial charge on any atom is -0.381 e. The van der Waals surface area contributed by atoms with E-state index in [9.17, 15) is 9.59 Å². The summed E-state index contributed by atoms with van der Waals surface area (Å²) in [6.07, 6.45) is 5.16. The number of anilines is 1. The van der Waals surface area contributed by atoms with Crippen LogP contribution in [-0.4, -0.2) is 39.8 Å². The summed E-state index contributed by atoms with van der Waals surface area (Å²) in [7, 11) is 1.81. The van der Waals surface area contributed by atoms with Gasteiger partial charge in [-0.25, -0.2) is 14.5 Å². The number of aromatic nitrogens is 7. The molecule has 0 saturated heterocycles. The van der Waals surface area contributed by atoms with Gasteiger partial charge in [-0.2, -0.15) is 5.10 Å². The highest BCUT2D eigenvalue weighted by Gasteiger charge is 2.25. The molecule has 1 atom stereocenters. The monoisotopic (exact) mass is 543 g/mol. The fraction of sp³-hybridized carbons (Fsp3) is 0.133. The Morgan fingerprint density at radius 1 is 1.05 bits per heavy atom. The summed E-state index contributed by atoms with van der Waals surface area (Å²) in [5, 5.41) is 11.7. The molecule has 3 N–H and O–H groups in total. The Morgan fingerprint density at radius 2 is 1.85 bits per heavy atom. The van der Waals surface area contributed by atoms with Gasteiger partial charge in [-0.05, 0) is 44.2 Å². The number of benzene rings is 2. The van der Waals surface area contributed by atoms with E-state index in [2.05, 4.69) is 32.3 Å². The Bertz CT molecular complexity index is 2080. The zero-order valence-corrected chi connectivity index (χ0v) is 22.5. The van der Waals surface area contributed by atoms with Gasteiger partial charge in [0, 0.05) is 30.7 Å². The molecule has 0 aliphatic rings. The minimum atomic E-state index is -0.691. The number of hydrogen-bond donors (Lipinski definition) is 2. The lowest BCUT2D eigenvalue weighted by atomic mass is 10.1. The highest BCUT2D eigenvalue weighted by molar-refractivity contribution is 6.04. The van der Waals surface area contributed by atoms with Crippen LogP contribution in [-0.2, 0) is 7.05 Å². The zero-order chi connectivity index (χ0) is 28.7. The number of nitrogen functional groups attached to an aromatic ring is 1. The molecule has 0 aliphatic carbocycles. The first-order valence-corrected chi connectivity index (χ1v) is 12.8. The molecule has 0 aliphatic heterocycles. The van der Waals surface area contributed by atoms with Crippen LogP contribution in [0.1, 0.15) is 46.0 Å². The number of carbonyl (C=O) groups is 1. The number of nitrogens with zero attached hydrogens (tertiary/aromatic N) is 7. The third-order valence-electron chi connectivity index (χ3n) is 6.60. The molecular formula is C30H25N9O2. The van der Waals surface area contributed by atoms with Gasteiger partial charge in [0.05, 0.1) is 34.4 Å². The molecule has 41 heavy (non-hydrogen) atoms.